The Morgan fingerprint density at radius 2 is 2.38 bits per heavy atom. The van der Waals surface area contributed by atoms with Crippen LogP contribution in [0.25, 0.3) is 0 Å². The van der Waals surface area contributed by atoms with Crippen molar-refractivity contribution >= 4 is 11.9 Å². The predicted octanol–water partition coefficient (Wildman–Crippen LogP) is -0.0597. The molecule has 1 aliphatic rings. The summed E-state index contributed by atoms with van der Waals surface area (Å²) >= 11 is 0. The molecule has 1 aromatic rings. The molecule has 1 aromatic heterocycles. The number of nitrogens with zero attached hydrogens (tertiary/aromatic N) is 1. The van der Waals surface area contributed by atoms with Gasteiger partial charge in [-0.2, -0.15) is 0 Å². The molecule has 0 aliphatic carbocycles. The Hall–Kier alpha value is -1.82. The van der Waals surface area contributed by atoms with Crippen molar-refractivity contribution in [2.24, 2.45) is 0 Å². The summed E-state index contributed by atoms with van der Waals surface area (Å²) in [4.78, 5) is 27.0. The molecule has 16 heavy (non-hydrogen) atoms. The van der Waals surface area contributed by atoms with Gasteiger partial charge in [-0.05, 0) is 12.1 Å². The number of nitrogens with one attached hydrogen (secondary N) is 1. The number of hydrogen-bond acceptors (Lipinski definition) is 3. The van der Waals surface area contributed by atoms with Gasteiger partial charge in [0.2, 0.25) is 0 Å². The number of aromatic nitrogens is 1. The maximum Gasteiger partial charge on any atom is 0.328 e. The lowest BCUT2D eigenvalue weighted by atomic mass is 10.2. The third-order valence-electron chi connectivity index (χ3n) is 2.50. The van der Waals surface area contributed by atoms with Crippen LogP contribution in [0.2, 0.25) is 0 Å². The number of hydrogen-bond donors (Lipinski definition) is 2. The van der Waals surface area contributed by atoms with Crippen LogP contribution in [0.1, 0.15) is 10.5 Å². The van der Waals surface area contributed by atoms with E-state index in [0.29, 0.717) is 18.8 Å². The van der Waals surface area contributed by atoms with E-state index >= 15 is 0 Å². The second-order valence-electron chi connectivity index (χ2n) is 3.51. The predicted molar refractivity (Wildman–Crippen MR) is 54.1 cm³/mol. The number of rotatable bonds is 2. The highest BCUT2D eigenvalue weighted by atomic mass is 16.5. The van der Waals surface area contributed by atoms with Crippen molar-refractivity contribution in [2.75, 3.05) is 19.8 Å². The van der Waals surface area contributed by atoms with Gasteiger partial charge >= 0.3 is 5.97 Å². The Kier molecular flexibility index (Phi) is 2.91. The lowest BCUT2D eigenvalue weighted by Gasteiger charge is -2.32. The van der Waals surface area contributed by atoms with Gasteiger partial charge in [0.25, 0.3) is 5.91 Å². The van der Waals surface area contributed by atoms with Gasteiger partial charge in [0, 0.05) is 12.7 Å². The van der Waals surface area contributed by atoms with Gasteiger partial charge in [-0.3, -0.25) is 4.79 Å². The minimum Gasteiger partial charge on any atom is -0.480 e. The van der Waals surface area contributed by atoms with Crippen LogP contribution in [-0.4, -0.2) is 52.7 Å². The van der Waals surface area contributed by atoms with E-state index < -0.39 is 12.0 Å². The van der Waals surface area contributed by atoms with E-state index in [1.807, 2.05) is 0 Å². The van der Waals surface area contributed by atoms with Gasteiger partial charge in [0.1, 0.15) is 5.69 Å². The van der Waals surface area contributed by atoms with Crippen LogP contribution in [-0.2, 0) is 9.53 Å². The minimum atomic E-state index is -1.04. The van der Waals surface area contributed by atoms with Crippen molar-refractivity contribution in [2.45, 2.75) is 6.04 Å². The van der Waals surface area contributed by atoms with Gasteiger partial charge < -0.3 is 19.7 Å². The molecular formula is C10H12N2O4. The van der Waals surface area contributed by atoms with Gasteiger partial charge in [0.05, 0.1) is 13.2 Å². The molecule has 1 atom stereocenters. The quantitative estimate of drug-likeness (QED) is 0.737. The second kappa shape index (κ2) is 4.36. The molecule has 86 valence electrons. The topological polar surface area (TPSA) is 82.6 Å². The molecule has 2 rings (SSSR count). The fourth-order valence-electron chi connectivity index (χ4n) is 1.67. The molecule has 0 aromatic carbocycles. The Labute approximate surface area is 91.8 Å². The molecule has 0 unspecified atom stereocenters. The van der Waals surface area contributed by atoms with Crippen LogP contribution in [0, 0.1) is 0 Å². The molecule has 2 N–H and O–H groups in total. The molecule has 1 amide bonds. The molecule has 0 spiro atoms. The van der Waals surface area contributed by atoms with E-state index in [1.165, 1.54) is 4.90 Å². The largest absolute Gasteiger partial charge is 0.480 e. The number of aliphatic carboxylic acids is 1. The first-order valence-corrected chi connectivity index (χ1v) is 4.95. The van der Waals surface area contributed by atoms with Crippen LogP contribution < -0.4 is 0 Å². The smallest absolute Gasteiger partial charge is 0.328 e. The zero-order valence-electron chi connectivity index (χ0n) is 8.55. The number of H-pyrrole nitrogens is 1. The fourth-order valence-corrected chi connectivity index (χ4v) is 1.67. The lowest BCUT2D eigenvalue weighted by molar-refractivity contribution is -0.147. The van der Waals surface area contributed by atoms with Gasteiger partial charge in [-0.25, -0.2) is 4.79 Å². The molecule has 1 fully saturated rings. The Bertz CT molecular complexity index is 388. The highest BCUT2D eigenvalue weighted by molar-refractivity contribution is 5.95. The Morgan fingerprint density at radius 3 is 3.00 bits per heavy atom. The average molecular weight is 224 g/mol. The summed E-state index contributed by atoms with van der Waals surface area (Å²) in [5.74, 6) is -1.35. The van der Waals surface area contributed by atoms with Crippen LogP contribution in [0.4, 0.5) is 0 Å². The number of carbonyl (C=O) groups is 2. The molecule has 0 saturated carbocycles. The van der Waals surface area contributed by atoms with E-state index in [1.54, 1.807) is 18.3 Å². The van der Waals surface area contributed by atoms with Crippen molar-refractivity contribution in [1.82, 2.24) is 9.88 Å². The molecule has 6 heteroatoms. The summed E-state index contributed by atoms with van der Waals surface area (Å²) in [6.45, 7) is 0.715. The van der Waals surface area contributed by atoms with Crippen molar-refractivity contribution in [1.29, 1.82) is 0 Å². The van der Waals surface area contributed by atoms with Gasteiger partial charge in [-0.1, -0.05) is 0 Å². The van der Waals surface area contributed by atoms with Crippen LogP contribution in [0.5, 0.6) is 0 Å². The number of carboxylic acid groups (broad SMARTS) is 1. The molecule has 2 heterocycles. The van der Waals surface area contributed by atoms with Crippen molar-refractivity contribution < 1.29 is 19.4 Å². The number of amides is 1. The molecule has 1 saturated heterocycles. The normalized spacial score (nSPS) is 20.8. The summed E-state index contributed by atoms with van der Waals surface area (Å²) in [5.41, 5.74) is 0.396. The summed E-state index contributed by atoms with van der Waals surface area (Å²) < 4.78 is 5.06. The summed E-state index contributed by atoms with van der Waals surface area (Å²) in [5, 5.41) is 8.97. The zero-order chi connectivity index (χ0) is 11.5. The number of carbonyl (C=O) groups excluding carboxylic acids is 1. The first kappa shape index (κ1) is 10.7. The molecule has 0 radical (unpaired) electrons. The number of carboxylic acids is 1. The van der Waals surface area contributed by atoms with Crippen LogP contribution in [0.3, 0.4) is 0 Å². The first-order chi connectivity index (χ1) is 7.70. The van der Waals surface area contributed by atoms with Crippen molar-refractivity contribution in [3.63, 3.8) is 0 Å². The number of ether oxygens (including phenoxy) is 1. The summed E-state index contributed by atoms with van der Waals surface area (Å²) in [6, 6.07) is 2.42. The monoisotopic (exact) mass is 224 g/mol. The van der Waals surface area contributed by atoms with Gasteiger partial charge in [0.15, 0.2) is 6.04 Å². The molecule has 1 aliphatic heterocycles. The first-order valence-electron chi connectivity index (χ1n) is 4.95. The van der Waals surface area contributed by atoms with Gasteiger partial charge in [-0.15, -0.1) is 0 Å². The van der Waals surface area contributed by atoms with E-state index in [4.69, 9.17) is 9.84 Å². The zero-order valence-corrected chi connectivity index (χ0v) is 8.55. The van der Waals surface area contributed by atoms with Crippen molar-refractivity contribution in [3.8, 4) is 0 Å². The third-order valence-corrected chi connectivity index (χ3v) is 2.50. The lowest BCUT2D eigenvalue weighted by Crippen LogP contribution is -2.52. The van der Waals surface area contributed by atoms with Crippen LogP contribution in [0.15, 0.2) is 18.3 Å². The minimum absolute atomic E-state index is 0.0434. The SMILES string of the molecule is O=C(O)[C@H]1COCCN1C(=O)c1ccc[nH]1. The average Bonchev–Trinajstić information content (AvgIpc) is 2.81. The Balaban J connectivity index is 2.17. The summed E-state index contributed by atoms with van der Waals surface area (Å²) in [6.07, 6.45) is 1.63. The van der Waals surface area contributed by atoms with Crippen molar-refractivity contribution in [3.05, 3.63) is 24.0 Å². The highest BCUT2D eigenvalue weighted by Gasteiger charge is 2.33. The Morgan fingerprint density at radius 1 is 1.56 bits per heavy atom. The number of aromatic amines is 1. The molecule has 0 bridgehead atoms. The van der Waals surface area contributed by atoms with E-state index in [0.717, 1.165) is 0 Å². The number of morpholine rings is 1. The van der Waals surface area contributed by atoms with Crippen LogP contribution >= 0.6 is 0 Å². The van der Waals surface area contributed by atoms with E-state index in [2.05, 4.69) is 4.98 Å². The molecule has 6 nitrogen and oxygen atoms in total. The maximum absolute atomic E-state index is 12.0. The summed E-state index contributed by atoms with van der Waals surface area (Å²) in [7, 11) is 0. The second-order valence-corrected chi connectivity index (χ2v) is 3.51. The maximum atomic E-state index is 12.0. The molecular weight excluding hydrogens is 212 g/mol. The highest BCUT2D eigenvalue weighted by Crippen LogP contribution is 2.11. The van der Waals surface area contributed by atoms with E-state index in [-0.39, 0.29) is 12.5 Å². The standard InChI is InChI=1S/C10H12N2O4/c13-9(7-2-1-3-11-7)12-4-5-16-6-8(12)10(14)15/h1-3,8,11H,4-6H2,(H,14,15)/t8-/m1/s1. The third kappa shape index (κ3) is 1.92. The fraction of sp³-hybridized carbons (Fsp3) is 0.400. The van der Waals surface area contributed by atoms with E-state index in [9.17, 15) is 9.59 Å².